The van der Waals surface area contributed by atoms with E-state index in [4.69, 9.17) is 10.5 Å². The van der Waals surface area contributed by atoms with Gasteiger partial charge in [0.15, 0.2) is 0 Å². The maximum atomic E-state index is 12.2. The topological polar surface area (TPSA) is 87.2 Å². The molecule has 0 unspecified atom stereocenters. The molecule has 0 aliphatic carbocycles. The summed E-state index contributed by atoms with van der Waals surface area (Å²) in [7, 11) is 1.29. The van der Waals surface area contributed by atoms with Crippen LogP contribution >= 0.6 is 15.9 Å². The second-order valence-electron chi connectivity index (χ2n) is 4.45. The lowest BCUT2D eigenvalue weighted by Gasteiger charge is -2.12. The molecule has 7 heteroatoms. The molecule has 21 heavy (non-hydrogen) atoms. The third kappa shape index (κ3) is 2.97. The fraction of sp³-hybridized carbons (Fsp3) is 0.214. The number of hydrogen-bond acceptors (Lipinski definition) is 5. The number of methoxy groups -OCH3 is 1. The van der Waals surface area contributed by atoms with Crippen LogP contribution in [0.25, 0.3) is 0 Å². The van der Waals surface area contributed by atoms with Crippen molar-refractivity contribution in [3.8, 4) is 0 Å². The molecular formula is C14H14BrN3O3. The van der Waals surface area contributed by atoms with Crippen molar-refractivity contribution in [2.45, 2.75) is 13.5 Å². The summed E-state index contributed by atoms with van der Waals surface area (Å²) in [6.45, 7) is 1.91. The SMILES string of the molecule is COC(=O)c1c(N)cccc1Cn1cnc(C)c(Br)c1=O. The quantitative estimate of drug-likeness (QED) is 0.672. The highest BCUT2D eigenvalue weighted by molar-refractivity contribution is 9.10. The highest BCUT2D eigenvalue weighted by Gasteiger charge is 2.16. The van der Waals surface area contributed by atoms with E-state index in [-0.39, 0.29) is 17.7 Å². The fourth-order valence-electron chi connectivity index (χ4n) is 1.95. The van der Waals surface area contributed by atoms with Crippen molar-refractivity contribution in [2.24, 2.45) is 0 Å². The molecule has 6 nitrogen and oxygen atoms in total. The maximum Gasteiger partial charge on any atom is 0.340 e. The number of aryl methyl sites for hydroxylation is 1. The second kappa shape index (κ2) is 6.09. The number of ether oxygens (including phenoxy) is 1. The number of esters is 1. The highest BCUT2D eigenvalue weighted by Crippen LogP contribution is 2.19. The zero-order chi connectivity index (χ0) is 15.6. The monoisotopic (exact) mass is 351 g/mol. The molecule has 2 aromatic rings. The molecule has 0 saturated heterocycles. The van der Waals surface area contributed by atoms with E-state index in [1.807, 2.05) is 0 Å². The van der Waals surface area contributed by atoms with Gasteiger partial charge in [-0.15, -0.1) is 0 Å². The predicted molar refractivity (Wildman–Crippen MR) is 82.2 cm³/mol. The van der Waals surface area contributed by atoms with Gasteiger partial charge in [0.1, 0.15) is 4.47 Å². The summed E-state index contributed by atoms with van der Waals surface area (Å²) in [4.78, 5) is 28.1. The first-order valence-electron chi connectivity index (χ1n) is 6.13. The van der Waals surface area contributed by atoms with Crippen molar-refractivity contribution in [1.29, 1.82) is 0 Å². The van der Waals surface area contributed by atoms with Gasteiger partial charge in [0.05, 0.1) is 31.2 Å². The molecule has 0 amide bonds. The first-order valence-corrected chi connectivity index (χ1v) is 6.92. The smallest absolute Gasteiger partial charge is 0.340 e. The second-order valence-corrected chi connectivity index (χ2v) is 5.24. The molecule has 0 aliphatic heterocycles. The Morgan fingerprint density at radius 3 is 2.86 bits per heavy atom. The number of aromatic nitrogens is 2. The molecule has 0 spiro atoms. The Labute approximate surface area is 129 Å². The van der Waals surface area contributed by atoms with Crippen LogP contribution in [-0.2, 0) is 11.3 Å². The zero-order valence-electron chi connectivity index (χ0n) is 11.6. The number of hydrogen-bond donors (Lipinski definition) is 1. The summed E-state index contributed by atoms with van der Waals surface area (Å²) in [6, 6.07) is 5.06. The number of carbonyl (C=O) groups is 1. The summed E-state index contributed by atoms with van der Waals surface area (Å²) < 4.78 is 6.54. The van der Waals surface area contributed by atoms with Gasteiger partial charge in [-0.1, -0.05) is 12.1 Å². The van der Waals surface area contributed by atoms with Crippen LogP contribution in [0.15, 0.2) is 33.8 Å². The van der Waals surface area contributed by atoms with Crippen molar-refractivity contribution >= 4 is 27.6 Å². The molecule has 2 N–H and O–H groups in total. The van der Waals surface area contributed by atoms with Crippen molar-refractivity contribution in [3.05, 3.63) is 56.2 Å². The van der Waals surface area contributed by atoms with Gasteiger partial charge in [0.25, 0.3) is 5.56 Å². The summed E-state index contributed by atoms with van der Waals surface area (Å²) >= 11 is 3.21. The number of anilines is 1. The van der Waals surface area contributed by atoms with Crippen molar-refractivity contribution in [2.75, 3.05) is 12.8 Å². The minimum absolute atomic E-state index is 0.181. The Hall–Kier alpha value is -2.15. The molecule has 1 aromatic heterocycles. The van der Waals surface area contributed by atoms with Crippen LogP contribution in [0, 0.1) is 6.92 Å². The number of nitrogen functional groups attached to an aromatic ring is 1. The van der Waals surface area contributed by atoms with Crippen LogP contribution in [0.1, 0.15) is 21.6 Å². The summed E-state index contributed by atoms with van der Waals surface area (Å²) in [5.74, 6) is -0.532. The minimum atomic E-state index is -0.532. The van der Waals surface area contributed by atoms with Crippen LogP contribution in [-0.4, -0.2) is 22.6 Å². The van der Waals surface area contributed by atoms with Crippen molar-refractivity contribution in [1.82, 2.24) is 9.55 Å². The first-order chi connectivity index (χ1) is 9.95. The summed E-state index contributed by atoms with van der Waals surface area (Å²) in [6.07, 6.45) is 1.44. The van der Waals surface area contributed by atoms with E-state index in [9.17, 15) is 9.59 Å². The molecule has 1 heterocycles. The minimum Gasteiger partial charge on any atom is -0.465 e. The largest absolute Gasteiger partial charge is 0.465 e. The van der Waals surface area contributed by atoms with E-state index < -0.39 is 5.97 Å². The van der Waals surface area contributed by atoms with Gasteiger partial charge in [0, 0.05) is 5.69 Å². The third-order valence-corrected chi connectivity index (χ3v) is 3.98. The van der Waals surface area contributed by atoms with Crippen LogP contribution in [0.5, 0.6) is 0 Å². The Kier molecular flexibility index (Phi) is 4.42. The number of halogens is 1. The van der Waals surface area contributed by atoms with Gasteiger partial charge < -0.3 is 10.5 Å². The molecular weight excluding hydrogens is 338 g/mol. The molecule has 0 radical (unpaired) electrons. The average Bonchev–Trinajstić information content (AvgIpc) is 2.47. The lowest BCUT2D eigenvalue weighted by atomic mass is 10.1. The molecule has 0 atom stereocenters. The average molecular weight is 352 g/mol. The van der Waals surface area contributed by atoms with Gasteiger partial charge in [-0.2, -0.15) is 0 Å². The number of rotatable bonds is 3. The number of nitrogens with two attached hydrogens (primary N) is 1. The Bertz CT molecular complexity index is 756. The molecule has 1 aromatic carbocycles. The predicted octanol–water partition coefficient (Wildman–Crippen LogP) is 1.73. The van der Waals surface area contributed by atoms with Crippen molar-refractivity contribution < 1.29 is 9.53 Å². The number of nitrogens with zero attached hydrogens (tertiary/aromatic N) is 2. The molecule has 110 valence electrons. The fourth-order valence-corrected chi connectivity index (χ4v) is 2.28. The molecule has 0 fully saturated rings. The van der Waals surface area contributed by atoms with E-state index >= 15 is 0 Å². The summed E-state index contributed by atoms with van der Waals surface area (Å²) in [5.41, 5.74) is 7.39. The molecule has 0 bridgehead atoms. The zero-order valence-corrected chi connectivity index (χ0v) is 13.2. The Balaban J connectivity index is 2.51. The highest BCUT2D eigenvalue weighted by atomic mass is 79.9. The van der Waals surface area contributed by atoms with Crippen LogP contribution in [0.4, 0.5) is 5.69 Å². The number of benzene rings is 1. The Morgan fingerprint density at radius 2 is 2.19 bits per heavy atom. The van der Waals surface area contributed by atoms with Crippen molar-refractivity contribution in [3.63, 3.8) is 0 Å². The number of carbonyl (C=O) groups excluding carboxylic acids is 1. The lowest BCUT2D eigenvalue weighted by molar-refractivity contribution is 0.0600. The van der Waals surface area contributed by atoms with E-state index in [0.29, 0.717) is 21.4 Å². The lowest BCUT2D eigenvalue weighted by Crippen LogP contribution is -2.24. The molecule has 0 saturated carbocycles. The van der Waals surface area contributed by atoms with E-state index in [1.54, 1.807) is 25.1 Å². The van der Waals surface area contributed by atoms with Crippen LogP contribution < -0.4 is 11.3 Å². The van der Waals surface area contributed by atoms with E-state index in [0.717, 1.165) is 0 Å². The van der Waals surface area contributed by atoms with Crippen LogP contribution in [0.2, 0.25) is 0 Å². The molecule has 0 aliphatic rings. The first kappa shape index (κ1) is 15.2. The molecule has 2 rings (SSSR count). The normalized spacial score (nSPS) is 10.4. The third-order valence-electron chi connectivity index (χ3n) is 3.07. The standard InChI is InChI=1S/C14H14BrN3O3/c1-8-12(15)13(19)18(7-17-8)6-9-4-3-5-10(16)11(9)14(20)21-2/h3-5,7H,6,16H2,1-2H3. The van der Waals surface area contributed by atoms with Gasteiger partial charge in [-0.25, -0.2) is 9.78 Å². The van der Waals surface area contributed by atoms with E-state index in [1.165, 1.54) is 18.0 Å². The Morgan fingerprint density at radius 1 is 1.48 bits per heavy atom. The van der Waals surface area contributed by atoms with Gasteiger partial charge >= 0.3 is 5.97 Å². The maximum absolute atomic E-state index is 12.2. The van der Waals surface area contributed by atoms with E-state index in [2.05, 4.69) is 20.9 Å². The van der Waals surface area contributed by atoms with Gasteiger partial charge in [-0.3, -0.25) is 9.36 Å². The summed E-state index contributed by atoms with van der Waals surface area (Å²) in [5, 5.41) is 0. The van der Waals surface area contributed by atoms with Gasteiger partial charge in [-0.05, 0) is 34.5 Å². The van der Waals surface area contributed by atoms with Gasteiger partial charge in [0.2, 0.25) is 0 Å². The van der Waals surface area contributed by atoms with Crippen LogP contribution in [0.3, 0.4) is 0 Å².